The van der Waals surface area contributed by atoms with E-state index in [0.29, 0.717) is 12.2 Å². The molecular weight excluding hydrogens is 259 g/mol. The van der Waals surface area contributed by atoms with Crippen molar-refractivity contribution in [2.45, 2.75) is 33.4 Å². The SMILES string of the molecule is CCc1ccc(C(=O)N(CC(C)C)CC(F)(F)F)o1. The highest BCUT2D eigenvalue weighted by Crippen LogP contribution is 2.20. The number of alkyl halides is 3. The van der Waals surface area contributed by atoms with Gasteiger partial charge in [-0.05, 0) is 18.1 Å². The molecule has 0 aliphatic carbocycles. The maximum Gasteiger partial charge on any atom is 0.406 e. The van der Waals surface area contributed by atoms with E-state index in [1.54, 1.807) is 19.9 Å². The van der Waals surface area contributed by atoms with Gasteiger partial charge in [-0.1, -0.05) is 20.8 Å². The Morgan fingerprint density at radius 1 is 1.37 bits per heavy atom. The van der Waals surface area contributed by atoms with Gasteiger partial charge in [0.15, 0.2) is 5.76 Å². The molecule has 108 valence electrons. The molecule has 0 aromatic carbocycles. The second kappa shape index (κ2) is 6.12. The van der Waals surface area contributed by atoms with Gasteiger partial charge in [-0.25, -0.2) is 0 Å². The lowest BCUT2D eigenvalue weighted by molar-refractivity contribution is -0.141. The van der Waals surface area contributed by atoms with Crippen LogP contribution in [0, 0.1) is 5.92 Å². The normalized spacial score (nSPS) is 11.9. The van der Waals surface area contributed by atoms with Gasteiger partial charge in [-0.2, -0.15) is 13.2 Å². The quantitative estimate of drug-likeness (QED) is 0.825. The molecule has 1 heterocycles. The van der Waals surface area contributed by atoms with Crippen LogP contribution in [0.2, 0.25) is 0 Å². The van der Waals surface area contributed by atoms with E-state index in [2.05, 4.69) is 0 Å². The summed E-state index contributed by atoms with van der Waals surface area (Å²) < 4.78 is 42.7. The van der Waals surface area contributed by atoms with Crippen molar-refractivity contribution in [2.75, 3.05) is 13.1 Å². The lowest BCUT2D eigenvalue weighted by Gasteiger charge is -2.24. The maximum absolute atomic E-state index is 12.5. The highest BCUT2D eigenvalue weighted by Gasteiger charge is 2.34. The largest absolute Gasteiger partial charge is 0.456 e. The first kappa shape index (κ1) is 15.6. The summed E-state index contributed by atoms with van der Waals surface area (Å²) in [5.41, 5.74) is 0. The van der Waals surface area contributed by atoms with Crippen LogP contribution in [0.25, 0.3) is 0 Å². The summed E-state index contributed by atoms with van der Waals surface area (Å²) in [5.74, 6) is -0.223. The third-order valence-corrected chi connectivity index (χ3v) is 2.46. The Kier molecular flexibility index (Phi) is 5.03. The molecule has 0 aliphatic rings. The van der Waals surface area contributed by atoms with Crippen LogP contribution in [0.4, 0.5) is 13.2 Å². The zero-order valence-electron chi connectivity index (χ0n) is 11.3. The maximum atomic E-state index is 12.5. The molecule has 0 radical (unpaired) electrons. The number of carbonyl (C=O) groups excluding carboxylic acids is 1. The van der Waals surface area contributed by atoms with Crippen LogP contribution >= 0.6 is 0 Å². The van der Waals surface area contributed by atoms with E-state index < -0.39 is 18.6 Å². The van der Waals surface area contributed by atoms with Crippen molar-refractivity contribution in [2.24, 2.45) is 5.92 Å². The van der Waals surface area contributed by atoms with Gasteiger partial charge in [0, 0.05) is 13.0 Å². The fourth-order valence-corrected chi connectivity index (χ4v) is 1.72. The average molecular weight is 277 g/mol. The number of amides is 1. The van der Waals surface area contributed by atoms with Gasteiger partial charge in [0.2, 0.25) is 0 Å². The zero-order chi connectivity index (χ0) is 14.6. The third-order valence-electron chi connectivity index (χ3n) is 2.46. The van der Waals surface area contributed by atoms with E-state index in [0.717, 1.165) is 4.90 Å². The van der Waals surface area contributed by atoms with Crippen LogP contribution in [-0.4, -0.2) is 30.1 Å². The van der Waals surface area contributed by atoms with Crippen molar-refractivity contribution in [1.29, 1.82) is 0 Å². The van der Waals surface area contributed by atoms with Crippen LogP contribution in [0.1, 0.15) is 37.1 Å². The zero-order valence-corrected chi connectivity index (χ0v) is 11.3. The lowest BCUT2D eigenvalue weighted by atomic mass is 10.2. The van der Waals surface area contributed by atoms with E-state index in [1.165, 1.54) is 6.07 Å². The number of aryl methyl sites for hydroxylation is 1. The van der Waals surface area contributed by atoms with Crippen LogP contribution in [-0.2, 0) is 6.42 Å². The Hall–Kier alpha value is -1.46. The minimum Gasteiger partial charge on any atom is -0.456 e. The Bertz CT molecular complexity index is 424. The topological polar surface area (TPSA) is 33.5 Å². The molecule has 1 amide bonds. The second-order valence-corrected chi connectivity index (χ2v) is 4.81. The van der Waals surface area contributed by atoms with Crippen LogP contribution in [0.15, 0.2) is 16.5 Å². The number of rotatable bonds is 5. The molecule has 0 unspecified atom stereocenters. The predicted molar refractivity (Wildman–Crippen MR) is 64.9 cm³/mol. The summed E-state index contributed by atoms with van der Waals surface area (Å²) in [7, 11) is 0. The molecule has 1 aromatic heterocycles. The predicted octanol–water partition coefficient (Wildman–Crippen LogP) is 3.50. The van der Waals surface area contributed by atoms with E-state index >= 15 is 0 Å². The van der Waals surface area contributed by atoms with Gasteiger partial charge < -0.3 is 9.32 Å². The smallest absolute Gasteiger partial charge is 0.406 e. The first-order valence-corrected chi connectivity index (χ1v) is 6.17. The Morgan fingerprint density at radius 2 is 2.00 bits per heavy atom. The van der Waals surface area contributed by atoms with Crippen molar-refractivity contribution in [3.05, 3.63) is 23.7 Å². The minimum absolute atomic E-state index is 0.0400. The second-order valence-electron chi connectivity index (χ2n) is 4.81. The van der Waals surface area contributed by atoms with Gasteiger partial charge in [0.1, 0.15) is 12.3 Å². The molecular formula is C13H18F3NO2. The molecule has 6 heteroatoms. The summed E-state index contributed by atoms with van der Waals surface area (Å²) in [4.78, 5) is 12.8. The molecule has 0 saturated carbocycles. The molecule has 19 heavy (non-hydrogen) atoms. The van der Waals surface area contributed by atoms with Crippen molar-refractivity contribution < 1.29 is 22.4 Å². The number of furan rings is 1. The van der Waals surface area contributed by atoms with E-state index in [-0.39, 0.29) is 18.2 Å². The monoisotopic (exact) mass is 277 g/mol. The molecule has 0 fully saturated rings. The summed E-state index contributed by atoms with van der Waals surface area (Å²) in [6.07, 6.45) is -3.82. The molecule has 1 rings (SSSR count). The van der Waals surface area contributed by atoms with Gasteiger partial charge >= 0.3 is 6.18 Å². The van der Waals surface area contributed by atoms with Gasteiger partial charge in [0.25, 0.3) is 5.91 Å². The Morgan fingerprint density at radius 3 is 2.42 bits per heavy atom. The molecule has 0 N–H and O–H groups in total. The molecule has 3 nitrogen and oxygen atoms in total. The first-order valence-electron chi connectivity index (χ1n) is 6.17. The van der Waals surface area contributed by atoms with Crippen LogP contribution in [0.3, 0.4) is 0 Å². The van der Waals surface area contributed by atoms with Crippen LogP contribution in [0.5, 0.6) is 0 Å². The standard InChI is InChI=1S/C13H18F3NO2/c1-4-10-5-6-11(19-10)12(18)17(7-9(2)3)8-13(14,15)16/h5-6,9H,4,7-8H2,1-3H3. The number of carbonyl (C=O) groups is 1. The third kappa shape index (κ3) is 4.96. The number of hydrogen-bond donors (Lipinski definition) is 0. The van der Waals surface area contributed by atoms with Gasteiger partial charge in [-0.3, -0.25) is 4.79 Å². The molecule has 1 aromatic rings. The van der Waals surface area contributed by atoms with E-state index in [4.69, 9.17) is 4.42 Å². The van der Waals surface area contributed by atoms with Crippen molar-refractivity contribution in [1.82, 2.24) is 4.90 Å². The first-order chi connectivity index (χ1) is 8.73. The molecule has 0 saturated heterocycles. The summed E-state index contributed by atoms with van der Waals surface area (Å²) in [6.45, 7) is 4.15. The van der Waals surface area contributed by atoms with Crippen molar-refractivity contribution >= 4 is 5.91 Å². The van der Waals surface area contributed by atoms with Gasteiger partial charge in [-0.15, -0.1) is 0 Å². The minimum atomic E-state index is -4.41. The van der Waals surface area contributed by atoms with Gasteiger partial charge in [0.05, 0.1) is 0 Å². The van der Waals surface area contributed by atoms with E-state index in [9.17, 15) is 18.0 Å². The molecule has 0 atom stereocenters. The van der Waals surface area contributed by atoms with Crippen molar-refractivity contribution in [3.8, 4) is 0 Å². The summed E-state index contributed by atoms with van der Waals surface area (Å²) in [5, 5.41) is 0. The molecule has 0 spiro atoms. The number of nitrogens with zero attached hydrogens (tertiary/aromatic N) is 1. The highest BCUT2D eigenvalue weighted by atomic mass is 19.4. The highest BCUT2D eigenvalue weighted by molar-refractivity contribution is 5.91. The van der Waals surface area contributed by atoms with Crippen molar-refractivity contribution in [3.63, 3.8) is 0 Å². The fourth-order valence-electron chi connectivity index (χ4n) is 1.72. The number of hydrogen-bond acceptors (Lipinski definition) is 2. The van der Waals surface area contributed by atoms with E-state index in [1.807, 2.05) is 6.92 Å². The Balaban J connectivity index is 2.87. The molecule has 0 bridgehead atoms. The lowest BCUT2D eigenvalue weighted by Crippen LogP contribution is -2.40. The number of halogens is 3. The fraction of sp³-hybridized carbons (Fsp3) is 0.615. The Labute approximate surface area is 110 Å². The average Bonchev–Trinajstić information content (AvgIpc) is 2.73. The summed E-state index contributed by atoms with van der Waals surface area (Å²) in [6, 6.07) is 3.03. The van der Waals surface area contributed by atoms with Crippen LogP contribution < -0.4 is 0 Å². The molecule has 0 aliphatic heterocycles. The summed E-state index contributed by atoms with van der Waals surface area (Å²) >= 11 is 0.